The summed E-state index contributed by atoms with van der Waals surface area (Å²) in [6, 6.07) is 1.22. The number of anilines is 1. The maximum absolute atomic E-state index is 13.3. The van der Waals surface area contributed by atoms with Crippen LogP contribution in [0.2, 0.25) is 0 Å². The number of nitrogens with one attached hydrogen (secondary N) is 2. The van der Waals surface area contributed by atoms with Gasteiger partial charge in [-0.3, -0.25) is 4.79 Å². The molecule has 1 aromatic heterocycles. The van der Waals surface area contributed by atoms with E-state index in [0.29, 0.717) is 12.4 Å². The van der Waals surface area contributed by atoms with Gasteiger partial charge in [-0.2, -0.15) is 0 Å². The van der Waals surface area contributed by atoms with Crippen molar-refractivity contribution < 1.29 is 9.18 Å². The highest BCUT2D eigenvalue weighted by molar-refractivity contribution is 5.98. The minimum Gasteiger partial charge on any atom is -0.370 e. The number of hydrogen-bond donors (Lipinski definition) is 2. The average molecular weight is 282 g/mol. The molecule has 2 N–H and O–H groups in total. The Morgan fingerprint density at radius 3 is 2.80 bits per heavy atom. The van der Waals surface area contributed by atoms with Gasteiger partial charge in [-0.05, 0) is 47.0 Å². The zero-order valence-corrected chi connectivity index (χ0v) is 12.5. The summed E-state index contributed by atoms with van der Waals surface area (Å²) >= 11 is 0. The molecule has 1 heterocycles. The van der Waals surface area contributed by atoms with Crippen molar-refractivity contribution in [1.29, 1.82) is 0 Å². The van der Waals surface area contributed by atoms with Crippen LogP contribution in [0.4, 0.5) is 10.2 Å². The summed E-state index contributed by atoms with van der Waals surface area (Å²) in [6.07, 6.45) is 1.93. The van der Waals surface area contributed by atoms with Gasteiger partial charge >= 0.3 is 0 Å². The van der Waals surface area contributed by atoms with E-state index in [2.05, 4.69) is 20.5 Å². The molecule has 6 heteroatoms. The van der Waals surface area contributed by atoms with Crippen molar-refractivity contribution >= 4 is 11.7 Å². The quantitative estimate of drug-likeness (QED) is 0.799. The zero-order valence-electron chi connectivity index (χ0n) is 12.5. The Bertz CT molecular complexity index is 451. The molecule has 1 unspecified atom stereocenters. The first-order valence-corrected chi connectivity index (χ1v) is 6.79. The number of aromatic nitrogens is 1. The van der Waals surface area contributed by atoms with Crippen LogP contribution < -0.4 is 10.6 Å². The summed E-state index contributed by atoms with van der Waals surface area (Å²) in [5.41, 5.74) is 0.239. The summed E-state index contributed by atoms with van der Waals surface area (Å²) < 4.78 is 13.3. The molecule has 0 radical (unpaired) electrons. The first-order chi connectivity index (χ1) is 9.43. The molecule has 0 aliphatic heterocycles. The van der Waals surface area contributed by atoms with Crippen LogP contribution in [-0.4, -0.2) is 49.0 Å². The number of hydrogen-bond acceptors (Lipinski definition) is 4. The lowest BCUT2D eigenvalue weighted by atomic mass is 10.2. The summed E-state index contributed by atoms with van der Waals surface area (Å²) in [5, 5.41) is 5.83. The van der Waals surface area contributed by atoms with Gasteiger partial charge in [0.25, 0.3) is 5.91 Å². The van der Waals surface area contributed by atoms with Crippen molar-refractivity contribution in [3.05, 3.63) is 23.6 Å². The fraction of sp³-hybridized carbons (Fsp3) is 0.571. The third-order valence-corrected chi connectivity index (χ3v) is 2.83. The monoisotopic (exact) mass is 282 g/mol. The highest BCUT2D eigenvalue weighted by Gasteiger charge is 2.15. The van der Waals surface area contributed by atoms with Gasteiger partial charge < -0.3 is 15.5 Å². The molecule has 0 saturated heterocycles. The highest BCUT2D eigenvalue weighted by atomic mass is 19.1. The van der Waals surface area contributed by atoms with E-state index in [1.165, 1.54) is 6.07 Å². The Labute approximate surface area is 119 Å². The fourth-order valence-corrected chi connectivity index (χ4v) is 1.75. The van der Waals surface area contributed by atoms with Crippen LogP contribution in [0.3, 0.4) is 0 Å². The van der Waals surface area contributed by atoms with Gasteiger partial charge in [-0.1, -0.05) is 0 Å². The first-order valence-electron chi connectivity index (χ1n) is 6.79. The SMILES string of the molecule is CCNc1ncc(F)cc1C(=O)NC(C)CCN(C)C. The van der Waals surface area contributed by atoms with Gasteiger partial charge in [-0.25, -0.2) is 9.37 Å². The standard InChI is InChI=1S/C14H23FN4O/c1-5-16-13-12(8-11(15)9-17-13)14(20)18-10(2)6-7-19(3)4/h8-10H,5-7H2,1-4H3,(H,16,17)(H,18,20). The van der Waals surface area contributed by atoms with Crippen molar-refractivity contribution in [2.24, 2.45) is 0 Å². The summed E-state index contributed by atoms with van der Waals surface area (Å²) in [7, 11) is 3.96. The predicted molar refractivity (Wildman–Crippen MR) is 78.5 cm³/mol. The fourth-order valence-electron chi connectivity index (χ4n) is 1.75. The third-order valence-electron chi connectivity index (χ3n) is 2.83. The zero-order chi connectivity index (χ0) is 15.1. The number of carbonyl (C=O) groups is 1. The second kappa shape index (κ2) is 7.79. The van der Waals surface area contributed by atoms with Crippen LogP contribution in [0.25, 0.3) is 0 Å². The minimum absolute atomic E-state index is 0.0163. The Balaban J connectivity index is 2.73. The molecule has 1 rings (SSSR count). The lowest BCUT2D eigenvalue weighted by Gasteiger charge is -2.17. The van der Waals surface area contributed by atoms with Gasteiger partial charge in [0.2, 0.25) is 0 Å². The van der Waals surface area contributed by atoms with Crippen molar-refractivity contribution in [2.75, 3.05) is 32.5 Å². The smallest absolute Gasteiger partial charge is 0.255 e. The van der Waals surface area contributed by atoms with Gasteiger partial charge in [-0.15, -0.1) is 0 Å². The number of pyridine rings is 1. The molecule has 0 aliphatic rings. The van der Waals surface area contributed by atoms with Crippen molar-refractivity contribution in [3.8, 4) is 0 Å². The maximum atomic E-state index is 13.3. The Hall–Kier alpha value is -1.69. The Morgan fingerprint density at radius 1 is 1.50 bits per heavy atom. The molecular formula is C14H23FN4O. The van der Waals surface area contributed by atoms with Gasteiger partial charge in [0, 0.05) is 12.6 Å². The molecule has 5 nitrogen and oxygen atoms in total. The molecule has 0 spiro atoms. The molecule has 20 heavy (non-hydrogen) atoms. The van der Waals surface area contributed by atoms with E-state index in [1.54, 1.807) is 0 Å². The van der Waals surface area contributed by atoms with E-state index < -0.39 is 5.82 Å². The van der Waals surface area contributed by atoms with Crippen LogP contribution in [0, 0.1) is 5.82 Å². The van der Waals surface area contributed by atoms with Crippen molar-refractivity contribution in [1.82, 2.24) is 15.2 Å². The van der Waals surface area contributed by atoms with Crippen molar-refractivity contribution in [3.63, 3.8) is 0 Å². The van der Waals surface area contributed by atoms with Gasteiger partial charge in [0.15, 0.2) is 0 Å². The topological polar surface area (TPSA) is 57.3 Å². The molecule has 0 fully saturated rings. The van der Waals surface area contributed by atoms with Crippen LogP contribution in [0.15, 0.2) is 12.3 Å². The van der Waals surface area contributed by atoms with Crippen molar-refractivity contribution in [2.45, 2.75) is 26.3 Å². The van der Waals surface area contributed by atoms with E-state index in [1.807, 2.05) is 27.9 Å². The Kier molecular flexibility index (Phi) is 6.38. The molecule has 0 aromatic carbocycles. The number of nitrogens with zero attached hydrogens (tertiary/aromatic N) is 2. The van der Waals surface area contributed by atoms with E-state index in [9.17, 15) is 9.18 Å². The maximum Gasteiger partial charge on any atom is 0.255 e. The largest absolute Gasteiger partial charge is 0.370 e. The molecule has 1 amide bonds. The second-order valence-corrected chi connectivity index (χ2v) is 5.05. The number of rotatable bonds is 7. The lowest BCUT2D eigenvalue weighted by Crippen LogP contribution is -2.35. The van der Waals surface area contributed by atoms with E-state index >= 15 is 0 Å². The normalized spacial score (nSPS) is 12.3. The average Bonchev–Trinajstić information content (AvgIpc) is 2.38. The van der Waals surface area contributed by atoms with Crippen LogP contribution in [0.5, 0.6) is 0 Å². The number of amides is 1. The molecule has 1 aromatic rings. The van der Waals surface area contributed by atoms with Gasteiger partial charge in [0.1, 0.15) is 11.6 Å². The molecule has 0 saturated carbocycles. The lowest BCUT2D eigenvalue weighted by molar-refractivity contribution is 0.0937. The number of halogens is 1. The van der Waals surface area contributed by atoms with E-state index in [0.717, 1.165) is 19.2 Å². The molecular weight excluding hydrogens is 259 g/mol. The first kappa shape index (κ1) is 16.4. The third kappa shape index (κ3) is 5.13. The second-order valence-electron chi connectivity index (χ2n) is 5.05. The van der Waals surface area contributed by atoms with Crippen LogP contribution in [0.1, 0.15) is 30.6 Å². The van der Waals surface area contributed by atoms with E-state index in [4.69, 9.17) is 0 Å². The van der Waals surface area contributed by atoms with E-state index in [-0.39, 0.29) is 17.5 Å². The molecule has 0 aliphatic carbocycles. The number of carbonyl (C=O) groups excluding carboxylic acids is 1. The molecule has 0 bridgehead atoms. The summed E-state index contributed by atoms with van der Waals surface area (Å²) in [4.78, 5) is 18.1. The van der Waals surface area contributed by atoms with Crippen LogP contribution in [-0.2, 0) is 0 Å². The highest BCUT2D eigenvalue weighted by Crippen LogP contribution is 2.13. The Morgan fingerprint density at radius 2 is 2.20 bits per heavy atom. The summed E-state index contributed by atoms with van der Waals surface area (Å²) in [6.45, 7) is 5.32. The predicted octanol–water partition coefficient (Wildman–Crippen LogP) is 1.72. The molecule has 1 atom stereocenters. The van der Waals surface area contributed by atoms with Crippen LogP contribution >= 0.6 is 0 Å². The van der Waals surface area contributed by atoms with Gasteiger partial charge in [0.05, 0.1) is 11.8 Å². The minimum atomic E-state index is -0.516. The molecule has 112 valence electrons. The summed E-state index contributed by atoms with van der Waals surface area (Å²) in [5.74, 6) is -0.414.